The second-order valence-corrected chi connectivity index (χ2v) is 8.19. The highest BCUT2D eigenvalue weighted by Crippen LogP contribution is 2.16. The van der Waals surface area contributed by atoms with Crippen LogP contribution < -0.4 is 5.32 Å². The molecule has 0 aromatic heterocycles. The molecule has 1 aliphatic heterocycles. The van der Waals surface area contributed by atoms with Crippen LogP contribution >= 0.6 is 22.6 Å². The summed E-state index contributed by atoms with van der Waals surface area (Å²) >= 11 is 2.12. The number of hydrogen-bond donors (Lipinski definition) is 1. The number of morpholine rings is 1. The van der Waals surface area contributed by atoms with Gasteiger partial charge in [0.1, 0.15) is 0 Å². The minimum Gasteiger partial charge on any atom is -0.379 e. The van der Waals surface area contributed by atoms with Crippen molar-refractivity contribution in [1.29, 1.82) is 0 Å². The van der Waals surface area contributed by atoms with E-state index in [0.717, 1.165) is 9.13 Å². The van der Waals surface area contributed by atoms with Crippen molar-refractivity contribution in [1.82, 2.24) is 9.62 Å². The van der Waals surface area contributed by atoms with Crippen LogP contribution in [0.15, 0.2) is 18.2 Å². The molecule has 22 heavy (non-hydrogen) atoms. The zero-order chi connectivity index (χ0) is 16.2. The van der Waals surface area contributed by atoms with E-state index in [1.54, 1.807) is 6.07 Å². The summed E-state index contributed by atoms with van der Waals surface area (Å²) in [5.74, 6) is -0.341. The predicted molar refractivity (Wildman–Crippen MR) is 92.4 cm³/mol. The smallest absolute Gasteiger partial charge is 0.252 e. The SMILES string of the molecule is Cc1cccc(C(=O)NCCS(=O)(=O)N2CCOCC2)c1I. The van der Waals surface area contributed by atoms with Crippen LogP contribution in [0.1, 0.15) is 15.9 Å². The first-order chi connectivity index (χ1) is 10.4. The summed E-state index contributed by atoms with van der Waals surface area (Å²) in [4.78, 5) is 12.1. The molecule has 8 heteroatoms. The number of ether oxygens (including phenoxy) is 1. The maximum Gasteiger partial charge on any atom is 0.252 e. The summed E-state index contributed by atoms with van der Waals surface area (Å²) in [7, 11) is -3.34. The van der Waals surface area contributed by atoms with E-state index in [-0.39, 0.29) is 18.2 Å². The molecular weight excluding hydrogens is 419 g/mol. The number of carbonyl (C=O) groups is 1. The van der Waals surface area contributed by atoms with Gasteiger partial charge in [-0.15, -0.1) is 0 Å². The molecule has 122 valence electrons. The third-order valence-corrected chi connectivity index (χ3v) is 6.75. The molecule has 1 aromatic rings. The summed E-state index contributed by atoms with van der Waals surface area (Å²) in [5, 5.41) is 2.68. The quantitative estimate of drug-likeness (QED) is 0.696. The zero-order valence-electron chi connectivity index (χ0n) is 12.3. The fourth-order valence-electron chi connectivity index (χ4n) is 2.17. The number of hydrogen-bond acceptors (Lipinski definition) is 4. The first-order valence-corrected chi connectivity index (χ1v) is 9.69. The van der Waals surface area contributed by atoms with E-state index in [1.807, 2.05) is 19.1 Å². The van der Waals surface area contributed by atoms with Crippen LogP contribution in [0.5, 0.6) is 0 Å². The van der Waals surface area contributed by atoms with Gasteiger partial charge in [0.05, 0.1) is 24.5 Å². The Kier molecular flexibility index (Phi) is 6.18. The number of amides is 1. The average Bonchev–Trinajstić information content (AvgIpc) is 2.50. The first-order valence-electron chi connectivity index (χ1n) is 7.01. The highest BCUT2D eigenvalue weighted by Gasteiger charge is 2.24. The number of carbonyl (C=O) groups excluding carboxylic acids is 1. The number of benzene rings is 1. The number of rotatable bonds is 5. The molecule has 0 spiro atoms. The lowest BCUT2D eigenvalue weighted by molar-refractivity contribution is 0.0730. The van der Waals surface area contributed by atoms with Gasteiger partial charge in [0.2, 0.25) is 10.0 Å². The molecule has 0 bridgehead atoms. The number of aryl methyl sites for hydroxylation is 1. The molecule has 1 saturated heterocycles. The molecule has 1 amide bonds. The minimum atomic E-state index is -3.34. The zero-order valence-corrected chi connectivity index (χ0v) is 15.3. The number of halogens is 1. The molecule has 2 rings (SSSR count). The number of nitrogens with one attached hydrogen (secondary N) is 1. The molecule has 0 atom stereocenters. The van der Waals surface area contributed by atoms with Gasteiger partial charge >= 0.3 is 0 Å². The second-order valence-electron chi connectivity index (χ2n) is 5.02. The van der Waals surface area contributed by atoms with Crippen LogP contribution in [0.25, 0.3) is 0 Å². The van der Waals surface area contributed by atoms with Gasteiger partial charge in [0.15, 0.2) is 0 Å². The van der Waals surface area contributed by atoms with E-state index in [2.05, 4.69) is 27.9 Å². The highest BCUT2D eigenvalue weighted by atomic mass is 127. The summed E-state index contributed by atoms with van der Waals surface area (Å²) in [6.07, 6.45) is 0. The van der Waals surface area contributed by atoms with Gasteiger partial charge in [-0.05, 0) is 41.1 Å². The van der Waals surface area contributed by atoms with Crippen molar-refractivity contribution in [3.8, 4) is 0 Å². The largest absolute Gasteiger partial charge is 0.379 e. The molecule has 0 radical (unpaired) electrons. The Bertz CT molecular complexity index is 642. The molecule has 0 aliphatic carbocycles. The third kappa shape index (κ3) is 4.40. The molecule has 1 aliphatic rings. The van der Waals surface area contributed by atoms with E-state index < -0.39 is 10.0 Å². The van der Waals surface area contributed by atoms with Crippen LogP contribution in [0.4, 0.5) is 0 Å². The van der Waals surface area contributed by atoms with E-state index >= 15 is 0 Å². The molecule has 1 heterocycles. The third-order valence-electron chi connectivity index (χ3n) is 3.45. The van der Waals surface area contributed by atoms with Crippen LogP contribution in [0.3, 0.4) is 0 Å². The fraction of sp³-hybridized carbons (Fsp3) is 0.500. The van der Waals surface area contributed by atoms with Crippen molar-refractivity contribution in [3.63, 3.8) is 0 Å². The lowest BCUT2D eigenvalue weighted by Crippen LogP contribution is -2.43. The van der Waals surface area contributed by atoms with Crippen LogP contribution in [-0.4, -0.2) is 57.2 Å². The van der Waals surface area contributed by atoms with Crippen molar-refractivity contribution in [2.45, 2.75) is 6.92 Å². The number of sulfonamides is 1. The van der Waals surface area contributed by atoms with Gasteiger partial charge in [0.25, 0.3) is 5.91 Å². The standard InChI is InChI=1S/C14H19IN2O4S/c1-11-3-2-4-12(13(11)15)14(18)16-5-10-22(19,20)17-6-8-21-9-7-17/h2-4H,5-10H2,1H3,(H,16,18). The summed E-state index contributed by atoms with van der Waals surface area (Å²) < 4.78 is 31.7. The van der Waals surface area contributed by atoms with Crippen LogP contribution in [0, 0.1) is 10.5 Å². The molecule has 0 saturated carbocycles. The van der Waals surface area contributed by atoms with E-state index in [0.29, 0.717) is 31.9 Å². The average molecular weight is 438 g/mol. The fourth-order valence-corrected chi connectivity index (χ4v) is 4.09. The molecule has 6 nitrogen and oxygen atoms in total. The molecular formula is C14H19IN2O4S. The highest BCUT2D eigenvalue weighted by molar-refractivity contribution is 14.1. The maximum atomic E-state index is 12.1. The molecule has 0 unspecified atom stereocenters. The van der Waals surface area contributed by atoms with Gasteiger partial charge in [-0.1, -0.05) is 12.1 Å². The van der Waals surface area contributed by atoms with E-state index in [1.165, 1.54) is 4.31 Å². The van der Waals surface area contributed by atoms with Crippen molar-refractivity contribution in [3.05, 3.63) is 32.9 Å². The Morgan fingerprint density at radius 3 is 2.73 bits per heavy atom. The Morgan fingerprint density at radius 1 is 1.36 bits per heavy atom. The Labute approximate surface area is 144 Å². The minimum absolute atomic E-state index is 0.0961. The van der Waals surface area contributed by atoms with Crippen LogP contribution in [0.2, 0.25) is 0 Å². The van der Waals surface area contributed by atoms with Crippen molar-refractivity contribution >= 4 is 38.5 Å². The van der Waals surface area contributed by atoms with Crippen molar-refractivity contribution in [2.24, 2.45) is 0 Å². The summed E-state index contributed by atoms with van der Waals surface area (Å²) in [6.45, 7) is 3.64. The Balaban J connectivity index is 1.90. The van der Waals surface area contributed by atoms with Crippen molar-refractivity contribution in [2.75, 3.05) is 38.6 Å². The van der Waals surface area contributed by atoms with E-state index in [9.17, 15) is 13.2 Å². The predicted octanol–water partition coefficient (Wildman–Crippen LogP) is 0.991. The Hall–Kier alpha value is -0.710. The van der Waals surface area contributed by atoms with Crippen LogP contribution in [-0.2, 0) is 14.8 Å². The lowest BCUT2D eigenvalue weighted by atomic mass is 10.1. The van der Waals surface area contributed by atoms with Crippen molar-refractivity contribution < 1.29 is 17.9 Å². The summed E-state index contributed by atoms with van der Waals surface area (Å²) in [6, 6.07) is 5.49. The normalized spacial score (nSPS) is 16.5. The van der Waals surface area contributed by atoms with E-state index in [4.69, 9.17) is 4.74 Å². The lowest BCUT2D eigenvalue weighted by Gasteiger charge is -2.26. The maximum absolute atomic E-state index is 12.1. The number of nitrogens with zero attached hydrogens (tertiary/aromatic N) is 1. The molecule has 1 N–H and O–H groups in total. The Morgan fingerprint density at radius 2 is 2.05 bits per heavy atom. The van der Waals surface area contributed by atoms with Gasteiger partial charge in [-0.2, -0.15) is 4.31 Å². The molecule has 1 aromatic carbocycles. The summed E-state index contributed by atoms with van der Waals surface area (Å²) in [5.41, 5.74) is 1.60. The monoisotopic (exact) mass is 438 g/mol. The first kappa shape index (κ1) is 17.6. The van der Waals surface area contributed by atoms with Gasteiger partial charge < -0.3 is 10.1 Å². The second kappa shape index (κ2) is 7.71. The topological polar surface area (TPSA) is 75.7 Å². The van der Waals surface area contributed by atoms with Gasteiger partial charge in [0, 0.05) is 23.2 Å². The molecule has 1 fully saturated rings. The van der Waals surface area contributed by atoms with Gasteiger partial charge in [-0.3, -0.25) is 4.79 Å². The van der Waals surface area contributed by atoms with Gasteiger partial charge in [-0.25, -0.2) is 8.42 Å².